The average Bonchev–Trinajstić information content (AvgIpc) is 3.13. The molecule has 0 saturated heterocycles. The van der Waals surface area contributed by atoms with Crippen molar-refractivity contribution in [3.63, 3.8) is 0 Å². The van der Waals surface area contributed by atoms with Crippen LogP contribution in [0.15, 0.2) is 47.5 Å². The second-order valence-electron chi connectivity index (χ2n) is 5.90. The van der Waals surface area contributed by atoms with Crippen LogP contribution in [0.4, 0.5) is 0 Å². The Hall–Kier alpha value is -3.00. The van der Waals surface area contributed by atoms with E-state index in [0.717, 1.165) is 10.4 Å². The first-order valence-corrected chi connectivity index (χ1v) is 9.28. The molecule has 1 aromatic carbocycles. The summed E-state index contributed by atoms with van der Waals surface area (Å²) >= 11 is 1.37. The van der Waals surface area contributed by atoms with Crippen molar-refractivity contribution >= 4 is 33.4 Å². The van der Waals surface area contributed by atoms with E-state index in [1.54, 1.807) is 0 Å². The van der Waals surface area contributed by atoms with Gasteiger partial charge in [-0.2, -0.15) is 0 Å². The first-order valence-electron chi connectivity index (χ1n) is 8.46. The molecule has 1 amide bonds. The number of amides is 1. The monoisotopic (exact) mass is 385 g/mol. The fourth-order valence-corrected chi connectivity index (χ4v) is 3.64. The van der Waals surface area contributed by atoms with Crippen LogP contribution >= 0.6 is 11.3 Å². The van der Waals surface area contributed by atoms with E-state index < -0.39 is 0 Å². The Labute approximate surface area is 159 Å². The van der Waals surface area contributed by atoms with Crippen molar-refractivity contribution in [2.45, 2.75) is 19.4 Å². The van der Waals surface area contributed by atoms with E-state index in [4.69, 9.17) is 0 Å². The van der Waals surface area contributed by atoms with Gasteiger partial charge in [0.05, 0.1) is 19.0 Å². The molecule has 0 bridgehead atoms. The Balaban J connectivity index is 1.69. The highest BCUT2D eigenvalue weighted by molar-refractivity contribution is 7.22. The van der Waals surface area contributed by atoms with Crippen molar-refractivity contribution < 1.29 is 14.3 Å². The minimum absolute atomic E-state index is 0.113. The van der Waals surface area contributed by atoms with Crippen LogP contribution in [-0.2, 0) is 20.9 Å². The summed E-state index contributed by atoms with van der Waals surface area (Å²) in [6.07, 6.45) is 2.11. The average molecular weight is 385 g/mol. The minimum Gasteiger partial charge on any atom is -0.469 e. The number of methoxy groups -OCH3 is 1. The summed E-state index contributed by atoms with van der Waals surface area (Å²) in [4.78, 5) is 41.0. The topological polar surface area (TPSA) is 90.3 Å². The molecule has 8 heteroatoms. The van der Waals surface area contributed by atoms with Crippen LogP contribution in [0, 0.1) is 0 Å². The largest absolute Gasteiger partial charge is 0.469 e. The second kappa shape index (κ2) is 8.59. The lowest BCUT2D eigenvalue weighted by Gasteiger charge is -2.06. The first-order chi connectivity index (χ1) is 13.1. The molecular formula is C19H19N3O4S. The van der Waals surface area contributed by atoms with Crippen molar-refractivity contribution in [1.82, 2.24) is 14.9 Å². The zero-order valence-electron chi connectivity index (χ0n) is 14.8. The molecule has 27 heavy (non-hydrogen) atoms. The first kappa shape index (κ1) is 18.8. The van der Waals surface area contributed by atoms with Crippen LogP contribution in [0.25, 0.3) is 20.7 Å². The zero-order chi connectivity index (χ0) is 19.2. The van der Waals surface area contributed by atoms with E-state index >= 15 is 0 Å². The number of hydrogen-bond donors (Lipinski definition) is 1. The van der Waals surface area contributed by atoms with Gasteiger partial charge in [-0.3, -0.25) is 19.0 Å². The predicted octanol–water partition coefficient (Wildman–Crippen LogP) is 2.19. The molecule has 0 atom stereocenters. The van der Waals surface area contributed by atoms with Crippen LogP contribution in [0.2, 0.25) is 0 Å². The van der Waals surface area contributed by atoms with Gasteiger partial charge in [0.2, 0.25) is 5.91 Å². The molecule has 3 aromatic rings. The van der Waals surface area contributed by atoms with Crippen molar-refractivity contribution in [1.29, 1.82) is 0 Å². The number of ether oxygens (including phenoxy) is 1. The van der Waals surface area contributed by atoms with Crippen molar-refractivity contribution in [3.8, 4) is 10.4 Å². The summed E-state index contributed by atoms with van der Waals surface area (Å²) < 4.78 is 6.36. The smallest absolute Gasteiger partial charge is 0.305 e. The summed E-state index contributed by atoms with van der Waals surface area (Å²) in [5, 5.41) is 2.69. The highest BCUT2D eigenvalue weighted by atomic mass is 32.1. The Morgan fingerprint density at radius 1 is 1.26 bits per heavy atom. The number of fused-ring (bicyclic) bond motifs is 1. The highest BCUT2D eigenvalue weighted by Gasteiger charge is 2.12. The molecule has 0 radical (unpaired) electrons. The van der Waals surface area contributed by atoms with Gasteiger partial charge in [0.1, 0.15) is 11.2 Å². The molecular weight excluding hydrogens is 366 g/mol. The van der Waals surface area contributed by atoms with Crippen LogP contribution < -0.4 is 10.9 Å². The van der Waals surface area contributed by atoms with Gasteiger partial charge in [-0.05, 0) is 18.1 Å². The number of aromatic nitrogens is 2. The Morgan fingerprint density at radius 3 is 2.78 bits per heavy atom. The number of nitrogens with one attached hydrogen (secondary N) is 1. The number of nitrogens with zero attached hydrogens (tertiary/aromatic N) is 2. The molecule has 0 fully saturated rings. The van der Waals surface area contributed by atoms with Crippen LogP contribution in [0.1, 0.15) is 12.8 Å². The normalized spacial score (nSPS) is 10.7. The Morgan fingerprint density at radius 2 is 2.04 bits per heavy atom. The number of hydrogen-bond acceptors (Lipinski definition) is 6. The number of carbonyl (C=O) groups is 2. The molecule has 140 valence electrons. The van der Waals surface area contributed by atoms with E-state index in [1.807, 2.05) is 36.4 Å². The predicted molar refractivity (Wildman–Crippen MR) is 104 cm³/mol. The van der Waals surface area contributed by atoms with Gasteiger partial charge in [-0.15, -0.1) is 11.3 Å². The van der Waals surface area contributed by atoms with Crippen LogP contribution in [0.5, 0.6) is 0 Å². The summed E-state index contributed by atoms with van der Waals surface area (Å²) in [6, 6.07) is 11.7. The van der Waals surface area contributed by atoms with Gasteiger partial charge in [-0.25, -0.2) is 4.98 Å². The van der Waals surface area contributed by atoms with Gasteiger partial charge in [0.15, 0.2) is 0 Å². The van der Waals surface area contributed by atoms with Gasteiger partial charge < -0.3 is 10.1 Å². The molecule has 0 aliphatic heterocycles. The van der Waals surface area contributed by atoms with Crippen molar-refractivity contribution in [2.75, 3.05) is 13.7 Å². The summed E-state index contributed by atoms with van der Waals surface area (Å²) in [6.45, 7) is 0.230. The van der Waals surface area contributed by atoms with E-state index in [0.29, 0.717) is 23.2 Å². The third-order valence-electron chi connectivity index (χ3n) is 3.98. The third kappa shape index (κ3) is 4.59. The maximum Gasteiger partial charge on any atom is 0.305 e. The molecule has 7 nitrogen and oxygen atoms in total. The molecule has 0 spiro atoms. The zero-order valence-corrected chi connectivity index (χ0v) is 15.6. The van der Waals surface area contributed by atoms with Crippen LogP contribution in [-0.4, -0.2) is 35.1 Å². The Kier molecular flexibility index (Phi) is 5.97. The van der Waals surface area contributed by atoms with Gasteiger partial charge in [0.25, 0.3) is 5.56 Å². The molecule has 0 aliphatic carbocycles. The summed E-state index contributed by atoms with van der Waals surface area (Å²) in [5.74, 6) is -0.620. The maximum atomic E-state index is 12.7. The lowest BCUT2D eigenvalue weighted by molar-refractivity contribution is -0.140. The number of thiophene rings is 1. The number of benzene rings is 1. The van der Waals surface area contributed by atoms with E-state index in [2.05, 4.69) is 15.0 Å². The maximum absolute atomic E-state index is 12.7. The molecule has 2 aromatic heterocycles. The molecule has 0 unspecified atom stereocenters. The molecule has 0 aliphatic rings. The van der Waals surface area contributed by atoms with E-state index in [1.165, 1.54) is 29.3 Å². The van der Waals surface area contributed by atoms with E-state index in [-0.39, 0.29) is 30.4 Å². The van der Waals surface area contributed by atoms with Crippen molar-refractivity contribution in [2.24, 2.45) is 0 Å². The summed E-state index contributed by atoms with van der Waals surface area (Å²) in [5.41, 5.74) is 1.41. The minimum atomic E-state index is -0.318. The fraction of sp³-hybridized carbons (Fsp3) is 0.263. The molecule has 1 N–H and O–H groups in total. The molecule has 3 rings (SSSR count). The van der Waals surface area contributed by atoms with Crippen molar-refractivity contribution in [3.05, 3.63) is 53.1 Å². The fourth-order valence-electron chi connectivity index (χ4n) is 2.58. The van der Waals surface area contributed by atoms with Gasteiger partial charge in [-0.1, -0.05) is 30.3 Å². The quantitative estimate of drug-likeness (QED) is 0.497. The summed E-state index contributed by atoms with van der Waals surface area (Å²) in [7, 11) is 1.32. The lowest BCUT2D eigenvalue weighted by Crippen LogP contribution is -2.32. The number of carbonyl (C=O) groups excluding carboxylic acids is 2. The Bertz CT molecular complexity index is 1010. The van der Waals surface area contributed by atoms with E-state index in [9.17, 15) is 14.4 Å². The molecule has 2 heterocycles. The highest BCUT2D eigenvalue weighted by Crippen LogP contribution is 2.30. The number of esters is 1. The SMILES string of the molecule is COC(=O)CCCNC(=O)Cn1cnc2cc(-c3ccccc3)sc2c1=O. The number of rotatable bonds is 7. The molecule has 0 saturated carbocycles. The van der Waals surface area contributed by atoms with Gasteiger partial charge in [0, 0.05) is 17.8 Å². The third-order valence-corrected chi connectivity index (χ3v) is 5.14. The lowest BCUT2D eigenvalue weighted by atomic mass is 10.2. The standard InChI is InChI=1S/C19H19N3O4S/c1-26-17(24)8-5-9-20-16(23)11-22-12-21-14-10-15(27-18(14)19(22)25)13-6-3-2-4-7-13/h2-4,6-7,10,12H,5,8-9,11H2,1H3,(H,20,23). The van der Waals surface area contributed by atoms with Gasteiger partial charge >= 0.3 is 5.97 Å². The second-order valence-corrected chi connectivity index (χ2v) is 6.95. The van der Waals surface area contributed by atoms with Crippen LogP contribution in [0.3, 0.4) is 0 Å².